The van der Waals surface area contributed by atoms with Gasteiger partial charge in [-0.25, -0.2) is 13.4 Å². The summed E-state index contributed by atoms with van der Waals surface area (Å²) >= 11 is 12.0. The molecule has 1 N–H and O–H groups in total. The summed E-state index contributed by atoms with van der Waals surface area (Å²) in [7, 11) is -2.53. The monoisotopic (exact) mass is 572 g/mol. The highest BCUT2D eigenvalue weighted by Gasteiger charge is 2.27. The number of nitrogens with zero attached hydrogens (tertiary/aromatic N) is 3. The van der Waals surface area contributed by atoms with Crippen LogP contribution in [0.4, 0.5) is 5.95 Å². The minimum Gasteiger partial charge on any atom is -0.383 e. The topological polar surface area (TPSA) is 93.5 Å². The fraction of sp³-hybridized carbons (Fsp3) is 0.185. The molecule has 0 atom stereocenters. The second-order valence-electron chi connectivity index (χ2n) is 8.50. The van der Waals surface area contributed by atoms with E-state index in [0.29, 0.717) is 15.7 Å². The first kappa shape index (κ1) is 27.8. The number of nitrogens with one attached hydrogen (secondary N) is 1. The largest absolute Gasteiger partial charge is 0.383 e. The molecule has 1 aromatic heterocycles. The summed E-state index contributed by atoms with van der Waals surface area (Å²) in [5.74, 6) is -0.306. The van der Waals surface area contributed by atoms with Crippen LogP contribution in [0.1, 0.15) is 5.56 Å². The fourth-order valence-electron chi connectivity index (χ4n) is 3.69. The number of benzene rings is 3. The predicted molar refractivity (Wildman–Crippen MR) is 149 cm³/mol. The molecule has 0 aliphatic heterocycles. The molecule has 0 saturated carbocycles. The standard InChI is InChI=1S/C27H26Cl2N4O4S/c1-19-3-11-23(12-4-19)33-17-25(20-5-7-21(28)8-6-20)30-27(33)31-26(34)18-32(15-16-37-2)38(35,36)24-13-9-22(29)10-14-24/h3-14,17H,15-16,18H2,1-2H3,(H,30,31,34). The van der Waals surface area contributed by atoms with Crippen LogP contribution >= 0.6 is 23.2 Å². The Bertz CT molecular complexity index is 1500. The lowest BCUT2D eigenvalue weighted by molar-refractivity contribution is -0.116. The van der Waals surface area contributed by atoms with Gasteiger partial charge in [-0.3, -0.25) is 14.7 Å². The lowest BCUT2D eigenvalue weighted by Crippen LogP contribution is -2.40. The molecule has 0 aliphatic rings. The number of imidazole rings is 1. The van der Waals surface area contributed by atoms with Crippen LogP contribution in [0.5, 0.6) is 0 Å². The zero-order valence-electron chi connectivity index (χ0n) is 20.8. The molecule has 1 heterocycles. The van der Waals surface area contributed by atoms with Crippen LogP contribution in [-0.2, 0) is 19.6 Å². The van der Waals surface area contributed by atoms with Crippen molar-refractivity contribution in [3.05, 3.63) is 94.6 Å². The first-order chi connectivity index (χ1) is 18.2. The highest BCUT2D eigenvalue weighted by Crippen LogP contribution is 2.26. The summed E-state index contributed by atoms with van der Waals surface area (Å²) in [6.07, 6.45) is 1.80. The van der Waals surface area contributed by atoms with E-state index in [4.69, 9.17) is 27.9 Å². The number of halogens is 2. The Labute approximate surface area is 231 Å². The number of methoxy groups -OCH3 is 1. The van der Waals surface area contributed by atoms with Gasteiger partial charge < -0.3 is 4.74 Å². The van der Waals surface area contributed by atoms with Crippen molar-refractivity contribution in [2.24, 2.45) is 0 Å². The molecule has 4 aromatic rings. The molecule has 11 heteroatoms. The molecule has 0 radical (unpaired) electrons. The molecule has 1 amide bonds. The van der Waals surface area contributed by atoms with Crippen LogP contribution in [0.3, 0.4) is 0 Å². The van der Waals surface area contributed by atoms with Crippen LogP contribution in [-0.4, -0.2) is 55.0 Å². The molecule has 4 rings (SSSR count). The van der Waals surface area contributed by atoms with Crippen molar-refractivity contribution >= 4 is 45.1 Å². The molecule has 0 bridgehead atoms. The van der Waals surface area contributed by atoms with Gasteiger partial charge in [-0.15, -0.1) is 0 Å². The van der Waals surface area contributed by atoms with Gasteiger partial charge in [0.15, 0.2) is 0 Å². The molecular formula is C27H26Cl2N4O4S. The number of ether oxygens (including phenoxy) is 1. The molecule has 0 aliphatic carbocycles. The van der Waals surface area contributed by atoms with Crippen molar-refractivity contribution in [1.82, 2.24) is 13.9 Å². The van der Waals surface area contributed by atoms with Gasteiger partial charge in [0.25, 0.3) is 0 Å². The Hall–Kier alpha value is -3.21. The van der Waals surface area contributed by atoms with Gasteiger partial charge >= 0.3 is 0 Å². The number of carbonyl (C=O) groups excluding carboxylic acids is 1. The number of aryl methyl sites for hydroxylation is 1. The Balaban J connectivity index is 1.64. The van der Waals surface area contributed by atoms with Crippen LogP contribution < -0.4 is 5.32 Å². The van der Waals surface area contributed by atoms with E-state index in [1.807, 2.05) is 43.3 Å². The summed E-state index contributed by atoms with van der Waals surface area (Å²) in [4.78, 5) is 17.9. The van der Waals surface area contributed by atoms with Crippen molar-refractivity contribution in [2.45, 2.75) is 11.8 Å². The Morgan fingerprint density at radius 2 is 1.58 bits per heavy atom. The van der Waals surface area contributed by atoms with Crippen molar-refractivity contribution in [1.29, 1.82) is 0 Å². The molecule has 38 heavy (non-hydrogen) atoms. The first-order valence-electron chi connectivity index (χ1n) is 11.6. The van der Waals surface area contributed by atoms with Crippen LogP contribution in [0.2, 0.25) is 10.0 Å². The minimum absolute atomic E-state index is 0.0166. The van der Waals surface area contributed by atoms with Crippen molar-refractivity contribution in [3.8, 4) is 16.9 Å². The zero-order valence-corrected chi connectivity index (χ0v) is 23.1. The predicted octanol–water partition coefficient (Wildman–Crippen LogP) is 5.43. The van der Waals surface area contributed by atoms with E-state index in [-0.39, 0.29) is 24.0 Å². The lowest BCUT2D eigenvalue weighted by atomic mass is 10.2. The normalized spacial score (nSPS) is 11.6. The number of aromatic nitrogens is 2. The quantitative estimate of drug-likeness (QED) is 0.273. The van der Waals surface area contributed by atoms with Crippen molar-refractivity contribution in [3.63, 3.8) is 0 Å². The average Bonchev–Trinajstić information content (AvgIpc) is 3.31. The SMILES string of the molecule is COCCN(CC(=O)Nc1nc(-c2ccc(Cl)cc2)cn1-c1ccc(C)cc1)S(=O)(=O)c1ccc(Cl)cc1. The van der Waals surface area contributed by atoms with Crippen molar-refractivity contribution < 1.29 is 17.9 Å². The maximum absolute atomic E-state index is 13.3. The number of sulfonamides is 1. The number of rotatable bonds is 10. The molecular weight excluding hydrogens is 547 g/mol. The van der Waals surface area contributed by atoms with Gasteiger partial charge in [0.05, 0.1) is 23.7 Å². The molecule has 0 spiro atoms. The van der Waals surface area contributed by atoms with Crippen LogP contribution in [0.15, 0.2) is 83.9 Å². The summed E-state index contributed by atoms with van der Waals surface area (Å²) in [6, 6.07) is 20.7. The minimum atomic E-state index is -3.99. The van der Waals surface area contributed by atoms with E-state index in [0.717, 1.165) is 21.1 Å². The third-order valence-electron chi connectivity index (χ3n) is 5.73. The summed E-state index contributed by atoms with van der Waals surface area (Å²) in [5.41, 5.74) is 3.28. The number of anilines is 1. The molecule has 0 saturated heterocycles. The van der Waals surface area contributed by atoms with E-state index in [1.165, 1.54) is 31.4 Å². The third kappa shape index (κ3) is 6.61. The Morgan fingerprint density at radius 3 is 2.18 bits per heavy atom. The first-order valence-corrected chi connectivity index (χ1v) is 13.8. The van der Waals surface area contributed by atoms with Gasteiger partial charge in [0, 0.05) is 41.1 Å². The number of hydrogen-bond donors (Lipinski definition) is 1. The molecule has 3 aromatic carbocycles. The van der Waals surface area contributed by atoms with E-state index in [2.05, 4.69) is 10.3 Å². The zero-order chi connectivity index (χ0) is 27.3. The second-order valence-corrected chi connectivity index (χ2v) is 11.3. The van der Waals surface area contributed by atoms with Crippen LogP contribution in [0, 0.1) is 6.92 Å². The van der Waals surface area contributed by atoms with E-state index in [9.17, 15) is 13.2 Å². The fourth-order valence-corrected chi connectivity index (χ4v) is 5.32. The Morgan fingerprint density at radius 1 is 0.974 bits per heavy atom. The van der Waals surface area contributed by atoms with E-state index >= 15 is 0 Å². The maximum atomic E-state index is 13.3. The third-order valence-corrected chi connectivity index (χ3v) is 8.09. The number of carbonyl (C=O) groups is 1. The van der Waals surface area contributed by atoms with Gasteiger partial charge in [-0.2, -0.15) is 4.31 Å². The lowest BCUT2D eigenvalue weighted by Gasteiger charge is -2.21. The summed E-state index contributed by atoms with van der Waals surface area (Å²) in [6.45, 7) is 1.64. The molecule has 8 nitrogen and oxygen atoms in total. The molecule has 0 unspecified atom stereocenters. The smallest absolute Gasteiger partial charge is 0.243 e. The average molecular weight is 574 g/mol. The Kier molecular flexibility index (Phi) is 8.86. The van der Waals surface area contributed by atoms with Gasteiger partial charge in [0.1, 0.15) is 0 Å². The second kappa shape index (κ2) is 12.1. The highest BCUT2D eigenvalue weighted by atomic mass is 35.5. The van der Waals surface area contributed by atoms with Crippen LogP contribution in [0.25, 0.3) is 16.9 Å². The highest BCUT2D eigenvalue weighted by molar-refractivity contribution is 7.89. The molecule has 198 valence electrons. The van der Waals surface area contributed by atoms with E-state index < -0.39 is 22.5 Å². The molecule has 0 fully saturated rings. The maximum Gasteiger partial charge on any atom is 0.243 e. The summed E-state index contributed by atoms with van der Waals surface area (Å²) < 4.78 is 34.5. The van der Waals surface area contributed by atoms with Crippen molar-refractivity contribution in [2.75, 3.05) is 32.1 Å². The van der Waals surface area contributed by atoms with Gasteiger partial charge in [0.2, 0.25) is 21.9 Å². The van der Waals surface area contributed by atoms with E-state index in [1.54, 1.807) is 22.9 Å². The number of amides is 1. The van der Waals surface area contributed by atoms with Gasteiger partial charge in [-0.05, 0) is 55.5 Å². The van der Waals surface area contributed by atoms with Gasteiger partial charge in [-0.1, -0.05) is 53.0 Å². The summed E-state index contributed by atoms with van der Waals surface area (Å²) in [5, 5.41) is 3.79. The number of hydrogen-bond acceptors (Lipinski definition) is 5.